The summed E-state index contributed by atoms with van der Waals surface area (Å²) < 4.78 is 0. The quantitative estimate of drug-likeness (QED) is 0.586. The molecule has 0 unspecified atom stereocenters. The largest absolute Gasteiger partial charge is 0.399 e. The first-order chi connectivity index (χ1) is 6.66. The second-order valence-electron chi connectivity index (χ2n) is 4.14. The van der Waals surface area contributed by atoms with E-state index in [1.807, 2.05) is 25.1 Å². The molecule has 1 aromatic carbocycles. The zero-order valence-electron chi connectivity index (χ0n) is 8.42. The zero-order valence-corrected chi connectivity index (χ0v) is 8.42. The average molecular weight is 189 g/mol. The van der Waals surface area contributed by atoms with E-state index in [-0.39, 0.29) is 5.78 Å². The molecule has 2 rings (SSSR count). The van der Waals surface area contributed by atoms with Crippen molar-refractivity contribution in [2.24, 2.45) is 5.92 Å². The Kier molecular flexibility index (Phi) is 2.28. The molecule has 1 saturated carbocycles. The first kappa shape index (κ1) is 9.25. The number of aryl methyl sites for hydroxylation is 1. The van der Waals surface area contributed by atoms with Gasteiger partial charge in [0.1, 0.15) is 0 Å². The molecule has 0 aromatic heterocycles. The van der Waals surface area contributed by atoms with Gasteiger partial charge in [0.25, 0.3) is 0 Å². The van der Waals surface area contributed by atoms with Crippen molar-refractivity contribution in [1.29, 1.82) is 0 Å². The van der Waals surface area contributed by atoms with Crippen LogP contribution in [0, 0.1) is 12.8 Å². The maximum Gasteiger partial charge on any atom is 0.163 e. The molecule has 2 N–H and O–H groups in total. The normalized spacial score (nSPS) is 15.5. The molecule has 1 aliphatic rings. The van der Waals surface area contributed by atoms with Crippen LogP contribution in [-0.2, 0) is 0 Å². The highest BCUT2D eigenvalue weighted by atomic mass is 16.1. The standard InChI is InChI=1S/C12H15NO/c1-8-6-10(4-5-11(8)13)12(14)7-9-2-3-9/h4-6,9H,2-3,7,13H2,1H3. The molecule has 0 radical (unpaired) electrons. The Bertz CT molecular complexity index is 367. The predicted octanol–water partition coefficient (Wildman–Crippen LogP) is 2.56. The van der Waals surface area contributed by atoms with E-state index in [1.165, 1.54) is 12.8 Å². The van der Waals surface area contributed by atoms with E-state index in [1.54, 1.807) is 0 Å². The summed E-state index contributed by atoms with van der Waals surface area (Å²) >= 11 is 0. The summed E-state index contributed by atoms with van der Waals surface area (Å²) in [5.74, 6) is 0.913. The lowest BCUT2D eigenvalue weighted by Gasteiger charge is -2.03. The number of Topliss-reactive ketones (excluding diaryl/α,β-unsaturated/α-hetero) is 1. The van der Waals surface area contributed by atoms with E-state index in [9.17, 15) is 4.79 Å². The van der Waals surface area contributed by atoms with Crippen LogP contribution in [0.1, 0.15) is 35.2 Å². The average Bonchev–Trinajstić information content (AvgIpc) is 2.93. The van der Waals surface area contributed by atoms with Gasteiger partial charge in [0, 0.05) is 17.7 Å². The van der Waals surface area contributed by atoms with E-state index in [4.69, 9.17) is 5.73 Å². The number of carbonyl (C=O) groups is 1. The lowest BCUT2D eigenvalue weighted by Crippen LogP contribution is -2.01. The molecule has 14 heavy (non-hydrogen) atoms. The lowest BCUT2D eigenvalue weighted by molar-refractivity contribution is 0.0976. The van der Waals surface area contributed by atoms with Crippen molar-refractivity contribution < 1.29 is 4.79 Å². The van der Waals surface area contributed by atoms with Crippen LogP contribution in [0.3, 0.4) is 0 Å². The molecule has 2 nitrogen and oxygen atoms in total. The van der Waals surface area contributed by atoms with Crippen LogP contribution < -0.4 is 5.73 Å². The smallest absolute Gasteiger partial charge is 0.163 e. The first-order valence-electron chi connectivity index (χ1n) is 5.06. The molecule has 0 aliphatic heterocycles. The Balaban J connectivity index is 2.14. The van der Waals surface area contributed by atoms with Gasteiger partial charge in [-0.25, -0.2) is 0 Å². The van der Waals surface area contributed by atoms with Crippen molar-refractivity contribution in [3.8, 4) is 0 Å². The third-order valence-electron chi connectivity index (χ3n) is 2.76. The summed E-state index contributed by atoms with van der Waals surface area (Å²) in [4.78, 5) is 11.7. The Morgan fingerprint density at radius 3 is 2.79 bits per heavy atom. The van der Waals surface area contributed by atoms with Gasteiger partial charge in [-0.2, -0.15) is 0 Å². The van der Waals surface area contributed by atoms with Gasteiger partial charge in [-0.3, -0.25) is 4.79 Å². The van der Waals surface area contributed by atoms with Gasteiger partial charge in [0.15, 0.2) is 5.78 Å². The molecule has 0 amide bonds. The van der Waals surface area contributed by atoms with Crippen LogP contribution in [-0.4, -0.2) is 5.78 Å². The van der Waals surface area contributed by atoms with Crippen molar-refractivity contribution in [2.45, 2.75) is 26.2 Å². The van der Waals surface area contributed by atoms with Crippen LogP contribution in [0.15, 0.2) is 18.2 Å². The minimum Gasteiger partial charge on any atom is -0.399 e. The highest BCUT2D eigenvalue weighted by molar-refractivity contribution is 5.96. The van der Waals surface area contributed by atoms with E-state index in [0.717, 1.165) is 16.8 Å². The predicted molar refractivity (Wildman–Crippen MR) is 57.3 cm³/mol. The molecule has 0 atom stereocenters. The minimum atomic E-state index is 0.260. The third-order valence-corrected chi connectivity index (χ3v) is 2.76. The Morgan fingerprint density at radius 2 is 2.21 bits per heavy atom. The minimum absolute atomic E-state index is 0.260. The molecule has 74 valence electrons. The molecular formula is C12H15NO. The highest BCUT2D eigenvalue weighted by Crippen LogP contribution is 2.33. The van der Waals surface area contributed by atoms with Gasteiger partial charge in [-0.1, -0.05) is 0 Å². The van der Waals surface area contributed by atoms with Crippen molar-refractivity contribution in [1.82, 2.24) is 0 Å². The number of benzene rings is 1. The van der Waals surface area contributed by atoms with Crippen LogP contribution in [0.25, 0.3) is 0 Å². The van der Waals surface area contributed by atoms with Crippen molar-refractivity contribution in [2.75, 3.05) is 5.73 Å². The maximum atomic E-state index is 11.7. The summed E-state index contributed by atoms with van der Waals surface area (Å²) in [6.45, 7) is 1.93. The second-order valence-corrected chi connectivity index (χ2v) is 4.14. The number of carbonyl (C=O) groups excluding carboxylic acids is 1. The van der Waals surface area contributed by atoms with Gasteiger partial charge in [-0.15, -0.1) is 0 Å². The zero-order chi connectivity index (χ0) is 10.1. The van der Waals surface area contributed by atoms with E-state index in [0.29, 0.717) is 12.3 Å². The molecule has 1 fully saturated rings. The summed E-state index contributed by atoms with van der Waals surface area (Å²) in [5.41, 5.74) is 8.25. The molecule has 0 spiro atoms. The number of rotatable bonds is 3. The molecule has 1 aliphatic carbocycles. The molecule has 0 saturated heterocycles. The number of nitrogens with two attached hydrogens (primary N) is 1. The fraction of sp³-hybridized carbons (Fsp3) is 0.417. The number of anilines is 1. The summed E-state index contributed by atoms with van der Waals surface area (Å²) in [7, 11) is 0. The summed E-state index contributed by atoms with van der Waals surface area (Å²) in [6, 6.07) is 5.53. The van der Waals surface area contributed by atoms with Crippen LogP contribution in [0.2, 0.25) is 0 Å². The maximum absolute atomic E-state index is 11.7. The second kappa shape index (κ2) is 3.45. The summed E-state index contributed by atoms with van der Waals surface area (Å²) in [5, 5.41) is 0. The number of hydrogen-bond donors (Lipinski definition) is 1. The fourth-order valence-corrected chi connectivity index (χ4v) is 1.55. The third kappa shape index (κ3) is 1.95. The van der Waals surface area contributed by atoms with Crippen LogP contribution >= 0.6 is 0 Å². The summed E-state index contributed by atoms with van der Waals surface area (Å²) in [6.07, 6.45) is 3.16. The van der Waals surface area contributed by atoms with Crippen molar-refractivity contribution in [3.05, 3.63) is 29.3 Å². The molecule has 0 bridgehead atoms. The Morgan fingerprint density at radius 1 is 1.50 bits per heavy atom. The Hall–Kier alpha value is -1.31. The number of hydrogen-bond acceptors (Lipinski definition) is 2. The van der Waals surface area contributed by atoms with Gasteiger partial charge >= 0.3 is 0 Å². The van der Waals surface area contributed by atoms with Gasteiger partial charge in [0.2, 0.25) is 0 Å². The highest BCUT2D eigenvalue weighted by Gasteiger charge is 2.24. The van der Waals surface area contributed by atoms with Crippen molar-refractivity contribution >= 4 is 11.5 Å². The van der Waals surface area contributed by atoms with Crippen LogP contribution in [0.5, 0.6) is 0 Å². The molecular weight excluding hydrogens is 174 g/mol. The molecule has 0 heterocycles. The lowest BCUT2D eigenvalue weighted by atomic mass is 10.0. The SMILES string of the molecule is Cc1cc(C(=O)CC2CC2)ccc1N. The van der Waals surface area contributed by atoms with Crippen molar-refractivity contribution in [3.63, 3.8) is 0 Å². The number of ketones is 1. The van der Waals surface area contributed by atoms with Gasteiger partial charge < -0.3 is 5.73 Å². The van der Waals surface area contributed by atoms with E-state index >= 15 is 0 Å². The van der Waals surface area contributed by atoms with Gasteiger partial charge in [0.05, 0.1) is 0 Å². The Labute approximate surface area is 84.1 Å². The molecule has 2 heteroatoms. The fourth-order valence-electron chi connectivity index (χ4n) is 1.55. The van der Waals surface area contributed by atoms with Crippen LogP contribution in [0.4, 0.5) is 5.69 Å². The monoisotopic (exact) mass is 189 g/mol. The number of nitrogen functional groups attached to an aromatic ring is 1. The molecule has 1 aromatic rings. The topological polar surface area (TPSA) is 43.1 Å². The van der Waals surface area contributed by atoms with Gasteiger partial charge in [-0.05, 0) is 49.4 Å². The van der Waals surface area contributed by atoms with E-state index in [2.05, 4.69) is 0 Å². The first-order valence-corrected chi connectivity index (χ1v) is 5.06. The van der Waals surface area contributed by atoms with E-state index < -0.39 is 0 Å².